The molecular formula is C9H22ClN3O2S. The minimum Gasteiger partial charge on any atom is -0.327 e. The number of hydrogen-bond donors (Lipinski definition) is 2. The maximum absolute atomic E-state index is 11.8. The third-order valence-electron chi connectivity index (χ3n) is 2.66. The Labute approximate surface area is 104 Å². The van der Waals surface area contributed by atoms with E-state index in [9.17, 15) is 8.42 Å². The van der Waals surface area contributed by atoms with Crippen molar-refractivity contribution < 1.29 is 8.42 Å². The maximum Gasteiger partial charge on any atom is 0.279 e. The van der Waals surface area contributed by atoms with Crippen LogP contribution in [0.15, 0.2) is 0 Å². The van der Waals surface area contributed by atoms with E-state index in [1.807, 2.05) is 20.8 Å². The van der Waals surface area contributed by atoms with Crippen molar-refractivity contribution in [3.05, 3.63) is 0 Å². The molecule has 5 nitrogen and oxygen atoms in total. The number of halogens is 1. The zero-order valence-electron chi connectivity index (χ0n) is 10.0. The summed E-state index contributed by atoms with van der Waals surface area (Å²) in [6, 6.07) is 0.0522. The van der Waals surface area contributed by atoms with E-state index in [0.29, 0.717) is 13.1 Å². The molecule has 98 valence electrons. The molecule has 1 saturated heterocycles. The zero-order valence-corrected chi connectivity index (χ0v) is 11.6. The predicted molar refractivity (Wildman–Crippen MR) is 67.8 cm³/mol. The molecule has 1 aliphatic rings. The Hall–Kier alpha value is 0.120. The van der Waals surface area contributed by atoms with E-state index in [4.69, 9.17) is 5.73 Å². The Morgan fingerprint density at radius 3 is 2.44 bits per heavy atom. The van der Waals surface area contributed by atoms with Crippen LogP contribution in [0.5, 0.6) is 0 Å². The minimum absolute atomic E-state index is 0. The molecule has 0 saturated carbocycles. The number of hydrogen-bond acceptors (Lipinski definition) is 3. The van der Waals surface area contributed by atoms with Crippen LogP contribution in [0, 0.1) is 5.92 Å². The fraction of sp³-hybridized carbons (Fsp3) is 1.00. The third-order valence-corrected chi connectivity index (χ3v) is 4.44. The smallest absolute Gasteiger partial charge is 0.279 e. The van der Waals surface area contributed by atoms with Gasteiger partial charge in [0.1, 0.15) is 0 Å². The van der Waals surface area contributed by atoms with Gasteiger partial charge in [-0.05, 0) is 26.2 Å². The lowest BCUT2D eigenvalue weighted by atomic mass is 9.96. The molecule has 0 radical (unpaired) electrons. The lowest BCUT2D eigenvalue weighted by Gasteiger charge is -2.34. The SMILES string of the molecule is CC(C)NS(=O)(=O)N1CCC(N)C(C)C1.Cl. The molecule has 2 atom stereocenters. The number of piperidine rings is 1. The summed E-state index contributed by atoms with van der Waals surface area (Å²) in [5, 5.41) is 0. The van der Waals surface area contributed by atoms with E-state index < -0.39 is 10.2 Å². The Morgan fingerprint density at radius 2 is 2.00 bits per heavy atom. The van der Waals surface area contributed by atoms with Crippen molar-refractivity contribution in [2.75, 3.05) is 13.1 Å². The Bertz CT molecular complexity index is 308. The summed E-state index contributed by atoms with van der Waals surface area (Å²) in [6.07, 6.45) is 0.736. The molecule has 1 rings (SSSR count). The molecule has 3 N–H and O–H groups in total. The lowest BCUT2D eigenvalue weighted by Crippen LogP contribution is -2.52. The van der Waals surface area contributed by atoms with Crippen LogP contribution in [0.25, 0.3) is 0 Å². The first-order chi connectivity index (χ1) is 6.83. The van der Waals surface area contributed by atoms with Crippen molar-refractivity contribution >= 4 is 22.6 Å². The fourth-order valence-electron chi connectivity index (χ4n) is 1.72. The Morgan fingerprint density at radius 1 is 1.44 bits per heavy atom. The molecule has 0 amide bonds. The average molecular weight is 272 g/mol. The van der Waals surface area contributed by atoms with Crippen LogP contribution >= 0.6 is 12.4 Å². The van der Waals surface area contributed by atoms with Crippen molar-refractivity contribution in [1.82, 2.24) is 9.03 Å². The summed E-state index contributed by atoms with van der Waals surface area (Å²) in [5.74, 6) is 0.225. The van der Waals surface area contributed by atoms with Crippen molar-refractivity contribution in [3.8, 4) is 0 Å². The van der Waals surface area contributed by atoms with Gasteiger partial charge in [-0.25, -0.2) is 0 Å². The summed E-state index contributed by atoms with van der Waals surface area (Å²) >= 11 is 0. The van der Waals surface area contributed by atoms with Gasteiger partial charge in [-0.3, -0.25) is 0 Å². The topological polar surface area (TPSA) is 75.4 Å². The standard InChI is InChI=1S/C9H21N3O2S.ClH/c1-7(2)11-15(13,14)12-5-4-9(10)8(3)6-12;/h7-9,11H,4-6,10H2,1-3H3;1H. The average Bonchev–Trinajstić information content (AvgIpc) is 2.07. The summed E-state index contributed by atoms with van der Waals surface area (Å²) in [4.78, 5) is 0. The fourth-order valence-corrected chi connectivity index (χ4v) is 3.24. The van der Waals surface area contributed by atoms with Crippen LogP contribution < -0.4 is 10.5 Å². The number of nitrogens with one attached hydrogen (secondary N) is 1. The van der Waals surface area contributed by atoms with Gasteiger partial charge < -0.3 is 5.73 Å². The maximum atomic E-state index is 11.8. The van der Waals surface area contributed by atoms with Gasteiger partial charge in [-0.1, -0.05) is 6.92 Å². The summed E-state index contributed by atoms with van der Waals surface area (Å²) in [7, 11) is -3.31. The van der Waals surface area contributed by atoms with Crippen LogP contribution in [-0.2, 0) is 10.2 Å². The molecule has 7 heteroatoms. The van der Waals surface area contributed by atoms with E-state index >= 15 is 0 Å². The van der Waals surface area contributed by atoms with E-state index in [0.717, 1.165) is 6.42 Å². The van der Waals surface area contributed by atoms with Crippen LogP contribution in [0.2, 0.25) is 0 Å². The summed E-state index contributed by atoms with van der Waals surface area (Å²) < 4.78 is 27.7. The second-order valence-electron chi connectivity index (χ2n) is 4.57. The van der Waals surface area contributed by atoms with Crippen LogP contribution in [0.4, 0.5) is 0 Å². The van der Waals surface area contributed by atoms with Gasteiger partial charge in [0.05, 0.1) is 0 Å². The third kappa shape index (κ3) is 4.18. The lowest BCUT2D eigenvalue weighted by molar-refractivity contribution is 0.247. The molecular weight excluding hydrogens is 250 g/mol. The van der Waals surface area contributed by atoms with Crippen molar-refractivity contribution in [2.24, 2.45) is 11.7 Å². The first-order valence-corrected chi connectivity index (χ1v) is 6.80. The molecule has 1 aliphatic heterocycles. The van der Waals surface area contributed by atoms with Crippen LogP contribution in [0.3, 0.4) is 0 Å². The van der Waals surface area contributed by atoms with Gasteiger partial charge in [0.2, 0.25) is 0 Å². The highest BCUT2D eigenvalue weighted by atomic mass is 35.5. The molecule has 1 heterocycles. The highest BCUT2D eigenvalue weighted by molar-refractivity contribution is 7.87. The first-order valence-electron chi connectivity index (χ1n) is 5.36. The molecule has 16 heavy (non-hydrogen) atoms. The highest BCUT2D eigenvalue weighted by Gasteiger charge is 2.30. The van der Waals surface area contributed by atoms with Gasteiger partial charge in [-0.2, -0.15) is 17.4 Å². The Kier molecular flexibility index (Phi) is 6.21. The van der Waals surface area contributed by atoms with Crippen molar-refractivity contribution in [2.45, 2.75) is 39.3 Å². The van der Waals surface area contributed by atoms with E-state index in [2.05, 4.69) is 4.72 Å². The molecule has 2 unspecified atom stereocenters. The van der Waals surface area contributed by atoms with Crippen LogP contribution in [-0.4, -0.2) is 37.9 Å². The van der Waals surface area contributed by atoms with E-state index in [1.165, 1.54) is 4.31 Å². The molecule has 1 fully saturated rings. The van der Waals surface area contributed by atoms with E-state index in [1.54, 1.807) is 0 Å². The van der Waals surface area contributed by atoms with E-state index in [-0.39, 0.29) is 30.4 Å². The number of rotatable bonds is 3. The van der Waals surface area contributed by atoms with Gasteiger partial charge >= 0.3 is 0 Å². The van der Waals surface area contributed by atoms with Gasteiger partial charge in [0, 0.05) is 25.2 Å². The zero-order chi connectivity index (χ0) is 11.6. The largest absolute Gasteiger partial charge is 0.327 e. The number of nitrogens with two attached hydrogens (primary N) is 1. The van der Waals surface area contributed by atoms with Crippen molar-refractivity contribution in [3.63, 3.8) is 0 Å². The number of nitrogens with zero attached hydrogens (tertiary/aromatic N) is 1. The molecule has 0 spiro atoms. The predicted octanol–water partition coefficient (Wildman–Crippen LogP) is 0.320. The second-order valence-corrected chi connectivity index (χ2v) is 6.27. The van der Waals surface area contributed by atoms with Crippen molar-refractivity contribution in [1.29, 1.82) is 0 Å². The first kappa shape index (κ1) is 16.1. The van der Waals surface area contributed by atoms with Gasteiger partial charge in [0.25, 0.3) is 10.2 Å². The summed E-state index contributed by atoms with van der Waals surface area (Å²) in [6.45, 7) is 6.66. The highest BCUT2D eigenvalue weighted by Crippen LogP contribution is 2.17. The second kappa shape index (κ2) is 6.16. The molecule has 0 aromatic heterocycles. The molecule has 0 aliphatic carbocycles. The Balaban J connectivity index is 0.00000225. The van der Waals surface area contributed by atoms with Gasteiger partial charge in [-0.15, -0.1) is 12.4 Å². The monoisotopic (exact) mass is 271 g/mol. The molecule has 0 aromatic carbocycles. The van der Waals surface area contributed by atoms with Gasteiger partial charge in [0.15, 0.2) is 0 Å². The van der Waals surface area contributed by atoms with Crippen LogP contribution in [0.1, 0.15) is 27.2 Å². The quantitative estimate of drug-likeness (QED) is 0.776. The minimum atomic E-state index is -3.31. The molecule has 0 bridgehead atoms. The molecule has 0 aromatic rings. The normalized spacial score (nSPS) is 27.8. The summed E-state index contributed by atoms with van der Waals surface area (Å²) in [5.41, 5.74) is 5.84.